The third-order valence-corrected chi connectivity index (χ3v) is 4.04. The highest BCUT2D eigenvalue weighted by atomic mass is 19.1. The van der Waals surface area contributed by atoms with Crippen LogP contribution in [0.5, 0.6) is 5.75 Å². The van der Waals surface area contributed by atoms with Crippen LogP contribution in [0.25, 0.3) is 10.8 Å². The summed E-state index contributed by atoms with van der Waals surface area (Å²) in [6, 6.07) is 12.1. The summed E-state index contributed by atoms with van der Waals surface area (Å²) >= 11 is 0. The van der Waals surface area contributed by atoms with Gasteiger partial charge in [-0.2, -0.15) is 5.10 Å². The molecule has 2 aromatic carbocycles. The molecule has 0 fully saturated rings. The molecule has 26 heavy (non-hydrogen) atoms. The predicted molar refractivity (Wildman–Crippen MR) is 96.9 cm³/mol. The third-order valence-electron chi connectivity index (χ3n) is 4.04. The Bertz CT molecular complexity index is 998. The molecule has 1 aromatic heterocycles. The number of hydrogen-bond donors (Lipinski definition) is 0. The Hall–Kier alpha value is -3.02. The molecule has 0 saturated heterocycles. The molecule has 1 heterocycles. The van der Waals surface area contributed by atoms with E-state index in [1.807, 2.05) is 0 Å². The average Bonchev–Trinajstić information content (AvgIpc) is 2.64. The lowest BCUT2D eigenvalue weighted by Gasteiger charge is -2.10. The Morgan fingerprint density at radius 2 is 1.88 bits per heavy atom. The molecule has 0 amide bonds. The summed E-state index contributed by atoms with van der Waals surface area (Å²) in [6.45, 7) is 2.50. The zero-order valence-electron chi connectivity index (χ0n) is 14.4. The number of esters is 1. The summed E-state index contributed by atoms with van der Waals surface area (Å²) in [4.78, 5) is 25.2. The van der Waals surface area contributed by atoms with Crippen molar-refractivity contribution >= 4 is 16.7 Å². The number of hydrogen-bond acceptors (Lipinski definition) is 4. The molecule has 5 nitrogen and oxygen atoms in total. The lowest BCUT2D eigenvalue weighted by molar-refractivity contribution is 0.0727. The van der Waals surface area contributed by atoms with Gasteiger partial charge < -0.3 is 4.74 Å². The van der Waals surface area contributed by atoms with Crippen molar-refractivity contribution in [2.75, 3.05) is 0 Å². The zero-order chi connectivity index (χ0) is 18.5. The molecule has 0 aliphatic carbocycles. The van der Waals surface area contributed by atoms with Gasteiger partial charge in [0.15, 0.2) is 5.69 Å². The van der Waals surface area contributed by atoms with Crippen LogP contribution in [-0.2, 0) is 6.54 Å². The van der Waals surface area contributed by atoms with Crippen molar-refractivity contribution < 1.29 is 13.9 Å². The smallest absolute Gasteiger partial charge is 0.364 e. The summed E-state index contributed by atoms with van der Waals surface area (Å²) < 4.78 is 19.9. The molecule has 0 saturated carbocycles. The van der Waals surface area contributed by atoms with Crippen molar-refractivity contribution in [1.29, 1.82) is 0 Å². The van der Waals surface area contributed by atoms with E-state index in [1.54, 1.807) is 24.3 Å². The van der Waals surface area contributed by atoms with E-state index in [9.17, 15) is 14.0 Å². The number of rotatable bonds is 6. The fourth-order valence-corrected chi connectivity index (χ4v) is 2.73. The molecule has 0 spiro atoms. The number of carbonyl (C=O) groups is 1. The molecular weight excluding hydrogens is 335 g/mol. The van der Waals surface area contributed by atoms with Gasteiger partial charge in [-0.25, -0.2) is 13.9 Å². The highest BCUT2D eigenvalue weighted by Gasteiger charge is 2.18. The normalized spacial score (nSPS) is 10.8. The number of benzene rings is 2. The molecule has 3 aromatic rings. The van der Waals surface area contributed by atoms with Gasteiger partial charge in [-0.05, 0) is 24.6 Å². The quantitative estimate of drug-likeness (QED) is 0.382. The van der Waals surface area contributed by atoms with Gasteiger partial charge in [0.25, 0.3) is 5.56 Å². The number of carbonyl (C=O) groups excluding carboxylic acids is 1. The van der Waals surface area contributed by atoms with Crippen LogP contribution in [-0.4, -0.2) is 15.7 Å². The Balaban J connectivity index is 2.01. The first kappa shape index (κ1) is 17.8. The van der Waals surface area contributed by atoms with Crippen LogP contribution in [0.1, 0.15) is 36.7 Å². The van der Waals surface area contributed by atoms with Gasteiger partial charge in [0.2, 0.25) is 0 Å². The van der Waals surface area contributed by atoms with Crippen LogP contribution in [0.3, 0.4) is 0 Å². The minimum Gasteiger partial charge on any atom is -0.422 e. The number of halogens is 1. The number of aryl methyl sites for hydroxylation is 1. The number of nitrogens with zero attached hydrogens (tertiary/aromatic N) is 2. The van der Waals surface area contributed by atoms with Gasteiger partial charge in [-0.1, -0.05) is 44.0 Å². The summed E-state index contributed by atoms with van der Waals surface area (Å²) in [5.74, 6) is -1.14. The topological polar surface area (TPSA) is 61.2 Å². The largest absolute Gasteiger partial charge is 0.422 e. The van der Waals surface area contributed by atoms with E-state index in [0.717, 1.165) is 25.3 Å². The van der Waals surface area contributed by atoms with Gasteiger partial charge in [0.1, 0.15) is 11.6 Å². The van der Waals surface area contributed by atoms with Crippen LogP contribution in [0.15, 0.2) is 53.3 Å². The maximum absolute atomic E-state index is 13.3. The van der Waals surface area contributed by atoms with Gasteiger partial charge in [0.05, 0.1) is 5.39 Å². The summed E-state index contributed by atoms with van der Waals surface area (Å²) in [5, 5.41) is 5.06. The second-order valence-electron chi connectivity index (χ2n) is 5.98. The van der Waals surface area contributed by atoms with E-state index < -0.39 is 11.8 Å². The fourth-order valence-electron chi connectivity index (χ4n) is 2.73. The SMILES string of the molecule is CCCCCn1nc(C(=O)Oc2cccc(F)c2)c2ccccc2c1=O. The molecule has 0 radical (unpaired) electrons. The van der Waals surface area contributed by atoms with Crippen molar-refractivity contribution in [3.8, 4) is 5.75 Å². The molecule has 0 aliphatic heterocycles. The van der Waals surface area contributed by atoms with Crippen LogP contribution >= 0.6 is 0 Å². The van der Waals surface area contributed by atoms with Gasteiger partial charge in [-0.15, -0.1) is 0 Å². The summed E-state index contributed by atoms with van der Waals surface area (Å²) in [7, 11) is 0. The standard InChI is InChI=1S/C20H19FN2O3/c1-2-3-6-12-23-19(24)17-11-5-4-10-16(17)18(22-23)20(25)26-15-9-7-8-14(21)13-15/h4-5,7-11,13H,2-3,6,12H2,1H3. The molecule has 0 bridgehead atoms. The number of unbranched alkanes of at least 4 members (excludes halogenated alkanes) is 2. The van der Waals surface area contributed by atoms with Crippen LogP contribution in [0.2, 0.25) is 0 Å². The molecule has 0 aliphatic rings. The van der Waals surface area contributed by atoms with E-state index in [1.165, 1.54) is 22.9 Å². The Morgan fingerprint density at radius 1 is 1.12 bits per heavy atom. The van der Waals surface area contributed by atoms with Gasteiger partial charge in [0, 0.05) is 18.0 Å². The molecule has 0 unspecified atom stereocenters. The minimum absolute atomic E-state index is 0.0426. The van der Waals surface area contributed by atoms with E-state index in [2.05, 4.69) is 12.0 Å². The van der Waals surface area contributed by atoms with Crippen LogP contribution < -0.4 is 10.3 Å². The first-order valence-electron chi connectivity index (χ1n) is 8.57. The molecule has 0 atom stereocenters. The highest BCUT2D eigenvalue weighted by Crippen LogP contribution is 2.18. The Kier molecular flexibility index (Phi) is 5.41. The highest BCUT2D eigenvalue weighted by molar-refractivity contribution is 6.02. The van der Waals surface area contributed by atoms with Crippen molar-refractivity contribution in [3.05, 3.63) is 70.4 Å². The first-order valence-corrected chi connectivity index (χ1v) is 8.57. The maximum Gasteiger partial charge on any atom is 0.364 e. The lowest BCUT2D eigenvalue weighted by Crippen LogP contribution is -2.27. The third kappa shape index (κ3) is 3.79. The number of ether oxygens (including phenoxy) is 1. The molecule has 134 valence electrons. The fraction of sp³-hybridized carbons (Fsp3) is 0.250. The maximum atomic E-state index is 13.3. The molecule has 6 heteroatoms. The molecule has 0 N–H and O–H groups in total. The molecular formula is C20H19FN2O3. The predicted octanol–water partition coefficient (Wildman–Crippen LogP) is 3.95. The molecule has 3 rings (SSSR count). The van der Waals surface area contributed by atoms with Crippen LogP contribution in [0, 0.1) is 5.82 Å². The monoisotopic (exact) mass is 354 g/mol. The van der Waals surface area contributed by atoms with Crippen LogP contribution in [0.4, 0.5) is 4.39 Å². The number of fused-ring (bicyclic) bond motifs is 1. The van der Waals surface area contributed by atoms with E-state index >= 15 is 0 Å². The Labute approximate surface area is 150 Å². The minimum atomic E-state index is -0.726. The van der Waals surface area contributed by atoms with Gasteiger partial charge >= 0.3 is 5.97 Å². The van der Waals surface area contributed by atoms with E-state index in [4.69, 9.17) is 4.74 Å². The van der Waals surface area contributed by atoms with Crippen molar-refractivity contribution in [1.82, 2.24) is 9.78 Å². The first-order chi connectivity index (χ1) is 12.6. The Morgan fingerprint density at radius 3 is 2.62 bits per heavy atom. The zero-order valence-corrected chi connectivity index (χ0v) is 14.4. The summed E-state index contributed by atoms with van der Waals surface area (Å²) in [6.07, 6.45) is 2.76. The summed E-state index contributed by atoms with van der Waals surface area (Å²) in [5.41, 5.74) is -0.194. The van der Waals surface area contributed by atoms with Gasteiger partial charge in [-0.3, -0.25) is 4.79 Å². The second-order valence-corrected chi connectivity index (χ2v) is 5.98. The second kappa shape index (κ2) is 7.91. The number of aromatic nitrogens is 2. The van der Waals surface area contributed by atoms with E-state index in [0.29, 0.717) is 17.3 Å². The van der Waals surface area contributed by atoms with Crippen molar-refractivity contribution in [2.45, 2.75) is 32.7 Å². The van der Waals surface area contributed by atoms with Crippen molar-refractivity contribution in [3.63, 3.8) is 0 Å². The average molecular weight is 354 g/mol. The van der Waals surface area contributed by atoms with E-state index in [-0.39, 0.29) is 17.0 Å². The van der Waals surface area contributed by atoms with Crippen molar-refractivity contribution in [2.24, 2.45) is 0 Å². The lowest BCUT2D eigenvalue weighted by atomic mass is 10.1.